The van der Waals surface area contributed by atoms with Crippen LogP contribution in [0.25, 0.3) is 0 Å². The van der Waals surface area contributed by atoms with Gasteiger partial charge >= 0.3 is 0 Å². The molecule has 0 unspecified atom stereocenters. The molecule has 2 aromatic carbocycles. The Hall–Kier alpha value is -1.30. The molecule has 0 aliphatic rings. The molecule has 116 valence electrons. The van der Waals surface area contributed by atoms with Crippen LogP contribution in [0.2, 0.25) is 10.0 Å². The van der Waals surface area contributed by atoms with Crippen molar-refractivity contribution in [3.05, 3.63) is 63.6 Å². The van der Waals surface area contributed by atoms with Crippen molar-refractivity contribution in [2.24, 2.45) is 0 Å². The number of thioether (sulfide) groups is 1. The van der Waals surface area contributed by atoms with Crippen molar-refractivity contribution in [1.29, 1.82) is 0 Å². The van der Waals surface area contributed by atoms with Crippen molar-refractivity contribution in [3.63, 3.8) is 0 Å². The van der Waals surface area contributed by atoms with Crippen molar-refractivity contribution in [2.75, 3.05) is 11.1 Å². The van der Waals surface area contributed by atoms with E-state index >= 15 is 0 Å². The second-order valence-electron chi connectivity index (χ2n) is 4.39. The molecule has 0 fully saturated rings. The zero-order chi connectivity index (χ0) is 16.1. The Morgan fingerprint density at radius 2 is 1.77 bits per heavy atom. The number of hydrogen-bond acceptors (Lipinski definition) is 2. The van der Waals surface area contributed by atoms with Gasteiger partial charge in [-0.3, -0.25) is 4.79 Å². The van der Waals surface area contributed by atoms with E-state index in [1.165, 1.54) is 17.8 Å². The highest BCUT2D eigenvalue weighted by Gasteiger charge is 2.11. The van der Waals surface area contributed by atoms with Crippen LogP contribution >= 0.6 is 35.0 Å². The van der Waals surface area contributed by atoms with Crippen LogP contribution in [0.15, 0.2) is 36.4 Å². The fraction of sp³-hybridized carbons (Fsp3) is 0.133. The number of rotatable bonds is 5. The molecule has 0 aliphatic heterocycles. The van der Waals surface area contributed by atoms with Gasteiger partial charge in [0.2, 0.25) is 5.91 Å². The molecule has 0 atom stereocenters. The van der Waals surface area contributed by atoms with Crippen molar-refractivity contribution < 1.29 is 13.6 Å². The van der Waals surface area contributed by atoms with Crippen molar-refractivity contribution >= 4 is 46.6 Å². The monoisotopic (exact) mass is 361 g/mol. The summed E-state index contributed by atoms with van der Waals surface area (Å²) in [6.45, 7) is 0. The average molecular weight is 362 g/mol. The van der Waals surface area contributed by atoms with Crippen LogP contribution in [0.4, 0.5) is 14.5 Å². The van der Waals surface area contributed by atoms with Crippen LogP contribution < -0.4 is 5.32 Å². The van der Waals surface area contributed by atoms with Gasteiger partial charge in [-0.2, -0.15) is 0 Å². The molecule has 0 radical (unpaired) electrons. The molecule has 1 amide bonds. The first kappa shape index (κ1) is 17.1. The summed E-state index contributed by atoms with van der Waals surface area (Å²) in [7, 11) is 0. The largest absolute Gasteiger partial charge is 0.320 e. The maximum Gasteiger partial charge on any atom is 0.234 e. The van der Waals surface area contributed by atoms with Crippen LogP contribution in [0.1, 0.15) is 5.56 Å². The molecule has 2 nitrogen and oxygen atoms in total. The molecule has 0 bridgehead atoms. The molecular formula is C15H11Cl2F2NOS. The van der Waals surface area contributed by atoms with Gasteiger partial charge in [0.1, 0.15) is 17.3 Å². The van der Waals surface area contributed by atoms with Crippen molar-refractivity contribution in [3.8, 4) is 0 Å². The summed E-state index contributed by atoms with van der Waals surface area (Å²) >= 11 is 13.0. The number of benzene rings is 2. The summed E-state index contributed by atoms with van der Waals surface area (Å²) in [6, 6.07) is 8.60. The number of carbonyl (C=O) groups is 1. The summed E-state index contributed by atoms with van der Waals surface area (Å²) in [6.07, 6.45) is 0. The van der Waals surface area contributed by atoms with E-state index in [2.05, 4.69) is 5.32 Å². The molecule has 0 spiro atoms. The first-order valence-electron chi connectivity index (χ1n) is 6.23. The minimum atomic E-state index is -0.803. The predicted molar refractivity (Wildman–Crippen MR) is 87.6 cm³/mol. The fourth-order valence-corrected chi connectivity index (χ4v) is 2.78. The SMILES string of the molecule is O=C(CSCc1ccc(Cl)c(Cl)c1)Nc1c(F)cccc1F. The number of halogens is 4. The second-order valence-corrected chi connectivity index (χ2v) is 6.19. The highest BCUT2D eigenvalue weighted by Crippen LogP contribution is 2.25. The lowest BCUT2D eigenvalue weighted by Crippen LogP contribution is -2.16. The van der Waals surface area contributed by atoms with E-state index in [1.54, 1.807) is 18.2 Å². The molecule has 2 aromatic rings. The van der Waals surface area contributed by atoms with Crippen LogP contribution in [-0.4, -0.2) is 11.7 Å². The number of anilines is 1. The van der Waals surface area contributed by atoms with Gasteiger partial charge in [-0.15, -0.1) is 11.8 Å². The Morgan fingerprint density at radius 1 is 1.09 bits per heavy atom. The molecule has 0 saturated heterocycles. The van der Waals surface area contributed by atoms with E-state index in [0.717, 1.165) is 17.7 Å². The van der Waals surface area contributed by atoms with E-state index in [1.807, 2.05) is 0 Å². The summed E-state index contributed by atoms with van der Waals surface area (Å²) in [5, 5.41) is 3.13. The molecular weight excluding hydrogens is 351 g/mol. The normalized spacial score (nSPS) is 10.5. The number of nitrogens with one attached hydrogen (secondary N) is 1. The Balaban J connectivity index is 1.86. The van der Waals surface area contributed by atoms with Crippen molar-refractivity contribution in [2.45, 2.75) is 5.75 Å². The van der Waals surface area contributed by atoms with Gasteiger partial charge < -0.3 is 5.32 Å². The maximum absolute atomic E-state index is 13.4. The quantitative estimate of drug-likeness (QED) is 0.798. The van der Waals surface area contributed by atoms with Gasteiger partial charge in [0, 0.05) is 5.75 Å². The third-order valence-corrected chi connectivity index (χ3v) is 4.46. The smallest absolute Gasteiger partial charge is 0.234 e. The summed E-state index contributed by atoms with van der Waals surface area (Å²) in [4.78, 5) is 11.7. The maximum atomic E-state index is 13.4. The molecule has 0 heterocycles. The van der Waals surface area contributed by atoms with Crippen LogP contribution in [0.5, 0.6) is 0 Å². The van der Waals surface area contributed by atoms with Crippen molar-refractivity contribution in [1.82, 2.24) is 0 Å². The van der Waals surface area contributed by atoms with Gasteiger partial charge in [0.05, 0.1) is 15.8 Å². The predicted octanol–water partition coefficient (Wildman–Crippen LogP) is 5.14. The second kappa shape index (κ2) is 7.81. The molecule has 0 saturated carbocycles. The van der Waals surface area contributed by atoms with Gasteiger partial charge in [-0.05, 0) is 29.8 Å². The molecule has 0 aromatic heterocycles. The zero-order valence-electron chi connectivity index (χ0n) is 11.2. The van der Waals surface area contributed by atoms with Gasteiger partial charge in [-0.1, -0.05) is 35.3 Å². The molecule has 0 aliphatic carbocycles. The highest BCUT2D eigenvalue weighted by atomic mass is 35.5. The lowest BCUT2D eigenvalue weighted by Gasteiger charge is -2.07. The fourth-order valence-electron chi connectivity index (χ4n) is 1.68. The van der Waals surface area contributed by atoms with E-state index in [4.69, 9.17) is 23.2 Å². The number of hydrogen-bond donors (Lipinski definition) is 1. The first-order valence-corrected chi connectivity index (χ1v) is 8.14. The summed E-state index contributed by atoms with van der Waals surface area (Å²) in [5.41, 5.74) is 0.479. The summed E-state index contributed by atoms with van der Waals surface area (Å²) < 4.78 is 26.8. The molecule has 1 N–H and O–H groups in total. The van der Waals surface area contributed by atoms with Gasteiger partial charge in [0.25, 0.3) is 0 Å². The Labute approximate surface area is 140 Å². The first-order chi connectivity index (χ1) is 10.5. The molecule has 22 heavy (non-hydrogen) atoms. The summed E-state index contributed by atoms with van der Waals surface area (Å²) in [5.74, 6) is -1.49. The minimum Gasteiger partial charge on any atom is -0.320 e. The third-order valence-electron chi connectivity index (χ3n) is 2.71. The van der Waals surface area contributed by atoms with E-state index in [-0.39, 0.29) is 5.75 Å². The van der Waals surface area contributed by atoms with Crippen LogP contribution in [0.3, 0.4) is 0 Å². The van der Waals surface area contributed by atoms with E-state index < -0.39 is 23.2 Å². The topological polar surface area (TPSA) is 29.1 Å². The standard InChI is InChI=1S/C15H11Cl2F2NOS/c16-10-5-4-9(6-11(10)17)7-22-8-14(21)20-15-12(18)2-1-3-13(15)19/h1-6H,7-8H2,(H,20,21). The minimum absolute atomic E-state index is 0.0635. The molecule has 7 heteroatoms. The zero-order valence-corrected chi connectivity index (χ0v) is 13.5. The number of carbonyl (C=O) groups excluding carboxylic acids is 1. The van der Waals surface area contributed by atoms with Crippen LogP contribution in [0, 0.1) is 11.6 Å². The Bertz CT molecular complexity index is 677. The van der Waals surface area contributed by atoms with Gasteiger partial charge in [-0.25, -0.2) is 8.78 Å². The van der Waals surface area contributed by atoms with Crippen LogP contribution in [-0.2, 0) is 10.5 Å². The highest BCUT2D eigenvalue weighted by molar-refractivity contribution is 7.99. The average Bonchev–Trinajstić information content (AvgIpc) is 2.47. The Morgan fingerprint density at radius 3 is 2.41 bits per heavy atom. The third kappa shape index (κ3) is 4.60. The lowest BCUT2D eigenvalue weighted by atomic mass is 10.2. The van der Waals surface area contributed by atoms with E-state index in [9.17, 15) is 13.6 Å². The number of para-hydroxylation sites is 1. The molecule has 2 rings (SSSR count). The lowest BCUT2D eigenvalue weighted by molar-refractivity contribution is -0.113. The van der Waals surface area contributed by atoms with E-state index in [0.29, 0.717) is 15.8 Å². The Kier molecular flexibility index (Phi) is 6.06. The van der Waals surface area contributed by atoms with Gasteiger partial charge in [0.15, 0.2) is 0 Å². The number of amides is 1.